The van der Waals surface area contributed by atoms with E-state index in [9.17, 15) is 0 Å². The van der Waals surface area contributed by atoms with Crippen molar-refractivity contribution in [1.29, 1.82) is 5.26 Å². The van der Waals surface area contributed by atoms with Crippen molar-refractivity contribution in [2.75, 3.05) is 13.2 Å². The maximum atomic E-state index is 9.14. The molecule has 0 saturated heterocycles. The van der Waals surface area contributed by atoms with Crippen LogP contribution in [0.25, 0.3) is 0 Å². The SMILES string of the molecule is Cc1ccc(OCCN=CC(C#N)c2nc(C)cs2)cc1. The summed E-state index contributed by atoms with van der Waals surface area (Å²) in [6.45, 7) is 4.97. The first-order valence-corrected chi connectivity index (χ1v) is 7.58. The number of rotatable bonds is 6. The fraction of sp³-hybridized carbons (Fsp3) is 0.312. The van der Waals surface area contributed by atoms with Crippen molar-refractivity contribution in [3.63, 3.8) is 0 Å². The minimum atomic E-state index is -0.372. The van der Waals surface area contributed by atoms with Gasteiger partial charge in [-0.25, -0.2) is 4.98 Å². The highest BCUT2D eigenvalue weighted by Gasteiger charge is 2.11. The average molecular weight is 299 g/mol. The van der Waals surface area contributed by atoms with Crippen LogP contribution in [0.5, 0.6) is 5.75 Å². The molecule has 21 heavy (non-hydrogen) atoms. The van der Waals surface area contributed by atoms with E-state index in [2.05, 4.69) is 16.0 Å². The van der Waals surface area contributed by atoms with Gasteiger partial charge in [-0.1, -0.05) is 17.7 Å². The number of nitrogens with zero attached hydrogens (tertiary/aromatic N) is 3. The monoisotopic (exact) mass is 299 g/mol. The average Bonchev–Trinajstić information content (AvgIpc) is 2.91. The van der Waals surface area contributed by atoms with E-state index in [1.807, 2.05) is 43.5 Å². The quantitative estimate of drug-likeness (QED) is 0.605. The van der Waals surface area contributed by atoms with Crippen LogP contribution in [0, 0.1) is 25.2 Å². The highest BCUT2D eigenvalue weighted by molar-refractivity contribution is 7.09. The number of aliphatic imine (C=N–C) groups is 1. The molecular formula is C16H17N3OS. The second-order valence-corrected chi connectivity index (χ2v) is 5.54. The Kier molecular flexibility index (Phi) is 5.47. The summed E-state index contributed by atoms with van der Waals surface area (Å²) in [7, 11) is 0. The third kappa shape index (κ3) is 4.69. The highest BCUT2D eigenvalue weighted by atomic mass is 32.1. The first-order valence-electron chi connectivity index (χ1n) is 6.70. The van der Waals surface area contributed by atoms with Gasteiger partial charge in [-0.05, 0) is 26.0 Å². The van der Waals surface area contributed by atoms with Crippen LogP contribution in [0.4, 0.5) is 0 Å². The molecule has 5 heteroatoms. The zero-order valence-electron chi connectivity index (χ0n) is 12.1. The molecule has 1 aromatic heterocycles. The van der Waals surface area contributed by atoms with Crippen molar-refractivity contribution in [3.8, 4) is 11.8 Å². The van der Waals surface area contributed by atoms with Gasteiger partial charge in [-0.15, -0.1) is 11.3 Å². The van der Waals surface area contributed by atoms with E-state index in [-0.39, 0.29) is 5.92 Å². The zero-order chi connectivity index (χ0) is 15.1. The van der Waals surface area contributed by atoms with Gasteiger partial charge in [0.15, 0.2) is 0 Å². The molecule has 1 atom stereocenters. The summed E-state index contributed by atoms with van der Waals surface area (Å²) >= 11 is 1.49. The Bertz CT molecular complexity index is 640. The fourth-order valence-corrected chi connectivity index (χ4v) is 2.50. The van der Waals surface area contributed by atoms with Gasteiger partial charge in [0, 0.05) is 17.3 Å². The van der Waals surface area contributed by atoms with E-state index in [1.165, 1.54) is 16.9 Å². The van der Waals surface area contributed by atoms with Gasteiger partial charge in [-0.2, -0.15) is 5.26 Å². The normalized spacial score (nSPS) is 12.2. The molecular weight excluding hydrogens is 282 g/mol. The Morgan fingerprint density at radius 2 is 2.14 bits per heavy atom. The lowest BCUT2D eigenvalue weighted by Gasteiger charge is -2.04. The third-order valence-electron chi connectivity index (χ3n) is 2.81. The van der Waals surface area contributed by atoms with Crippen LogP contribution < -0.4 is 4.74 Å². The van der Waals surface area contributed by atoms with Crippen LogP contribution in [0.2, 0.25) is 0 Å². The third-order valence-corrected chi connectivity index (χ3v) is 3.85. The molecule has 0 saturated carbocycles. The second kappa shape index (κ2) is 7.55. The smallest absolute Gasteiger partial charge is 0.133 e. The number of thiazole rings is 1. The highest BCUT2D eigenvalue weighted by Crippen LogP contribution is 2.18. The van der Waals surface area contributed by atoms with Gasteiger partial charge >= 0.3 is 0 Å². The molecule has 1 aromatic carbocycles. The number of nitriles is 1. The van der Waals surface area contributed by atoms with Crippen LogP contribution in [0.15, 0.2) is 34.6 Å². The van der Waals surface area contributed by atoms with Crippen LogP contribution in [-0.2, 0) is 0 Å². The summed E-state index contributed by atoms with van der Waals surface area (Å²) < 4.78 is 5.58. The molecule has 0 spiro atoms. The summed E-state index contributed by atoms with van der Waals surface area (Å²) in [5, 5.41) is 11.9. The minimum Gasteiger partial charge on any atom is -0.492 e. The van der Waals surface area contributed by atoms with E-state index in [0.29, 0.717) is 13.2 Å². The van der Waals surface area contributed by atoms with Crippen molar-refractivity contribution in [2.24, 2.45) is 4.99 Å². The Morgan fingerprint density at radius 1 is 1.38 bits per heavy atom. The molecule has 0 aliphatic heterocycles. The topological polar surface area (TPSA) is 58.3 Å². The lowest BCUT2D eigenvalue weighted by Crippen LogP contribution is -2.03. The van der Waals surface area contributed by atoms with Gasteiger partial charge in [0.1, 0.15) is 23.3 Å². The molecule has 0 amide bonds. The van der Waals surface area contributed by atoms with Gasteiger partial charge in [-0.3, -0.25) is 4.99 Å². The predicted molar refractivity (Wildman–Crippen MR) is 85.2 cm³/mol. The van der Waals surface area contributed by atoms with E-state index in [1.54, 1.807) is 6.21 Å². The molecule has 0 fully saturated rings. The second-order valence-electron chi connectivity index (χ2n) is 4.65. The number of aryl methyl sites for hydroxylation is 2. The number of benzene rings is 1. The van der Waals surface area contributed by atoms with Gasteiger partial charge in [0.25, 0.3) is 0 Å². The maximum Gasteiger partial charge on any atom is 0.133 e. The van der Waals surface area contributed by atoms with Crippen molar-refractivity contribution in [3.05, 3.63) is 45.9 Å². The maximum absolute atomic E-state index is 9.14. The number of ether oxygens (including phenoxy) is 1. The summed E-state index contributed by atoms with van der Waals surface area (Å²) in [6, 6.07) is 10.1. The van der Waals surface area contributed by atoms with Crippen LogP contribution >= 0.6 is 11.3 Å². The number of aromatic nitrogens is 1. The Balaban J connectivity index is 1.79. The summed E-state index contributed by atoms with van der Waals surface area (Å²) in [6.07, 6.45) is 1.65. The first-order chi connectivity index (χ1) is 10.2. The van der Waals surface area contributed by atoms with Crippen LogP contribution in [0.1, 0.15) is 22.2 Å². The fourth-order valence-electron chi connectivity index (χ4n) is 1.70. The summed E-state index contributed by atoms with van der Waals surface area (Å²) in [4.78, 5) is 8.57. The molecule has 2 aromatic rings. The van der Waals surface area contributed by atoms with E-state index in [4.69, 9.17) is 10.00 Å². The molecule has 0 aliphatic carbocycles. The Labute approximate surface area is 128 Å². The zero-order valence-corrected chi connectivity index (χ0v) is 12.9. The molecule has 4 nitrogen and oxygen atoms in total. The molecule has 2 rings (SSSR count). The van der Waals surface area contributed by atoms with E-state index < -0.39 is 0 Å². The van der Waals surface area contributed by atoms with Gasteiger partial charge in [0.2, 0.25) is 0 Å². The van der Waals surface area contributed by atoms with Crippen molar-refractivity contribution >= 4 is 17.6 Å². The first kappa shape index (κ1) is 15.2. The van der Waals surface area contributed by atoms with Gasteiger partial charge < -0.3 is 4.74 Å². The Morgan fingerprint density at radius 3 is 2.76 bits per heavy atom. The number of hydrogen-bond acceptors (Lipinski definition) is 5. The minimum absolute atomic E-state index is 0.372. The predicted octanol–water partition coefficient (Wildman–Crippen LogP) is 3.52. The summed E-state index contributed by atoms with van der Waals surface area (Å²) in [5.41, 5.74) is 2.14. The van der Waals surface area contributed by atoms with E-state index >= 15 is 0 Å². The van der Waals surface area contributed by atoms with Crippen molar-refractivity contribution in [1.82, 2.24) is 4.98 Å². The molecule has 0 bridgehead atoms. The van der Waals surface area contributed by atoms with Gasteiger partial charge in [0.05, 0.1) is 12.6 Å². The molecule has 108 valence electrons. The summed E-state index contributed by atoms with van der Waals surface area (Å²) in [5.74, 6) is 0.464. The van der Waals surface area contributed by atoms with Crippen LogP contribution in [0.3, 0.4) is 0 Å². The van der Waals surface area contributed by atoms with Crippen LogP contribution in [-0.4, -0.2) is 24.4 Å². The van der Waals surface area contributed by atoms with Crippen molar-refractivity contribution < 1.29 is 4.74 Å². The lowest BCUT2D eigenvalue weighted by molar-refractivity contribution is 0.329. The number of hydrogen-bond donors (Lipinski definition) is 0. The van der Waals surface area contributed by atoms with E-state index in [0.717, 1.165) is 16.5 Å². The molecule has 0 N–H and O–H groups in total. The van der Waals surface area contributed by atoms with Crippen molar-refractivity contribution in [2.45, 2.75) is 19.8 Å². The standard InChI is InChI=1S/C16H17N3OS/c1-12-3-5-15(6-4-12)20-8-7-18-10-14(9-17)16-19-13(2)11-21-16/h3-6,10-11,14H,7-8H2,1-2H3. The lowest BCUT2D eigenvalue weighted by atomic mass is 10.2. The molecule has 1 unspecified atom stereocenters. The molecule has 0 aliphatic rings. The Hall–Kier alpha value is -2.19. The molecule has 1 heterocycles. The largest absolute Gasteiger partial charge is 0.492 e. The molecule has 0 radical (unpaired) electrons.